The average molecular weight is 509 g/mol. The van der Waals surface area contributed by atoms with Crippen molar-refractivity contribution >= 4 is 48.3 Å². The number of fused-ring (bicyclic) bond motifs is 1. The molecule has 4 aromatic carbocycles. The first-order valence-electron chi connectivity index (χ1n) is 10.0. The van der Waals surface area contributed by atoms with Crippen LogP contribution in [0, 0.1) is 0 Å². The number of hydrogen-bond acceptors (Lipinski definition) is 3. The Morgan fingerprint density at radius 2 is 1.47 bits per heavy atom. The van der Waals surface area contributed by atoms with Crippen LogP contribution in [0.5, 0.6) is 0 Å². The van der Waals surface area contributed by atoms with Gasteiger partial charge in [-0.3, -0.25) is 9.10 Å². The van der Waals surface area contributed by atoms with Crippen molar-refractivity contribution in [2.45, 2.75) is 11.4 Å². The van der Waals surface area contributed by atoms with Gasteiger partial charge in [-0.15, -0.1) is 0 Å². The zero-order valence-corrected chi connectivity index (χ0v) is 19.5. The molecule has 0 saturated heterocycles. The molecule has 0 atom stereocenters. The van der Waals surface area contributed by atoms with Gasteiger partial charge in [-0.05, 0) is 52.7 Å². The highest BCUT2D eigenvalue weighted by molar-refractivity contribution is 9.10. The lowest BCUT2D eigenvalue weighted by atomic mass is 10.0. The van der Waals surface area contributed by atoms with Crippen LogP contribution in [-0.4, -0.2) is 20.9 Å². The van der Waals surface area contributed by atoms with Gasteiger partial charge in [0.2, 0.25) is 5.91 Å². The van der Waals surface area contributed by atoms with E-state index >= 15 is 0 Å². The molecule has 1 N–H and O–H groups in total. The number of amides is 1. The molecule has 5 nitrogen and oxygen atoms in total. The second-order valence-corrected chi connectivity index (χ2v) is 9.99. The third kappa shape index (κ3) is 4.84. The van der Waals surface area contributed by atoms with E-state index in [-0.39, 0.29) is 17.3 Å². The Morgan fingerprint density at radius 1 is 0.812 bits per heavy atom. The lowest BCUT2D eigenvalue weighted by Crippen LogP contribution is -2.40. The monoisotopic (exact) mass is 508 g/mol. The molecule has 0 aliphatic rings. The summed E-state index contributed by atoms with van der Waals surface area (Å²) in [7, 11) is -3.92. The van der Waals surface area contributed by atoms with Crippen molar-refractivity contribution in [3.05, 3.63) is 107 Å². The molecule has 4 aromatic rings. The molecule has 0 saturated carbocycles. The van der Waals surface area contributed by atoms with E-state index in [9.17, 15) is 13.2 Å². The van der Waals surface area contributed by atoms with E-state index in [0.29, 0.717) is 12.2 Å². The molecule has 0 spiro atoms. The minimum atomic E-state index is -3.92. The van der Waals surface area contributed by atoms with Gasteiger partial charge < -0.3 is 5.32 Å². The SMILES string of the molecule is O=C(CN(c1ccc(Br)cc1)S(=O)(=O)c1ccccc1)NCc1cccc2ccccc12. The number of sulfonamides is 1. The Balaban J connectivity index is 1.58. The van der Waals surface area contributed by atoms with Crippen LogP contribution in [0.3, 0.4) is 0 Å². The fraction of sp³-hybridized carbons (Fsp3) is 0.0800. The summed E-state index contributed by atoms with van der Waals surface area (Å²) >= 11 is 3.36. The largest absolute Gasteiger partial charge is 0.350 e. The number of benzene rings is 4. The maximum atomic E-state index is 13.3. The molecule has 0 aliphatic heterocycles. The van der Waals surface area contributed by atoms with E-state index in [1.165, 1.54) is 12.1 Å². The lowest BCUT2D eigenvalue weighted by Gasteiger charge is -2.24. The zero-order valence-electron chi connectivity index (χ0n) is 17.1. The van der Waals surface area contributed by atoms with Crippen LogP contribution < -0.4 is 9.62 Å². The fourth-order valence-electron chi connectivity index (χ4n) is 3.47. The van der Waals surface area contributed by atoms with Crippen LogP contribution in [-0.2, 0) is 21.4 Å². The third-order valence-electron chi connectivity index (χ3n) is 5.09. The molecule has 0 fully saturated rings. The van der Waals surface area contributed by atoms with E-state index in [1.807, 2.05) is 42.5 Å². The predicted octanol–water partition coefficient (Wildman–Crippen LogP) is 5.11. The molecule has 162 valence electrons. The van der Waals surface area contributed by atoms with Crippen molar-refractivity contribution in [3.63, 3.8) is 0 Å². The molecule has 0 bridgehead atoms. The highest BCUT2D eigenvalue weighted by Crippen LogP contribution is 2.25. The number of halogens is 1. The predicted molar refractivity (Wildman–Crippen MR) is 131 cm³/mol. The summed E-state index contributed by atoms with van der Waals surface area (Å²) in [5.41, 5.74) is 1.38. The normalized spacial score (nSPS) is 11.3. The van der Waals surface area contributed by atoms with E-state index in [0.717, 1.165) is 25.1 Å². The molecule has 0 aromatic heterocycles. The first-order valence-corrected chi connectivity index (χ1v) is 12.3. The standard InChI is InChI=1S/C25H21BrN2O3S/c26-21-13-15-22(16-14-21)28(32(30,31)23-10-2-1-3-11-23)18-25(29)27-17-20-9-6-8-19-7-4-5-12-24(19)20/h1-16H,17-18H2,(H,27,29). The number of nitrogens with one attached hydrogen (secondary N) is 1. The van der Waals surface area contributed by atoms with Crippen LogP contribution in [0.15, 0.2) is 106 Å². The van der Waals surface area contributed by atoms with Gasteiger partial charge >= 0.3 is 0 Å². The first kappa shape index (κ1) is 22.0. The smallest absolute Gasteiger partial charge is 0.264 e. The Kier molecular flexibility index (Phi) is 6.58. The number of hydrogen-bond donors (Lipinski definition) is 1. The Hall–Kier alpha value is -3.16. The summed E-state index contributed by atoms with van der Waals surface area (Å²) in [6, 6.07) is 28.8. The molecule has 1 amide bonds. The van der Waals surface area contributed by atoms with Crippen molar-refractivity contribution in [2.24, 2.45) is 0 Å². The average Bonchev–Trinajstić information content (AvgIpc) is 2.82. The molecule has 4 rings (SSSR count). The highest BCUT2D eigenvalue weighted by Gasteiger charge is 2.27. The quantitative estimate of drug-likeness (QED) is 0.377. The maximum Gasteiger partial charge on any atom is 0.264 e. The number of carbonyl (C=O) groups is 1. The van der Waals surface area contributed by atoms with Gasteiger partial charge in [0.05, 0.1) is 10.6 Å². The molecule has 0 radical (unpaired) electrons. The summed E-state index contributed by atoms with van der Waals surface area (Å²) in [6.07, 6.45) is 0. The minimum Gasteiger partial charge on any atom is -0.350 e. The van der Waals surface area contributed by atoms with E-state index in [1.54, 1.807) is 42.5 Å². The molecular weight excluding hydrogens is 488 g/mol. The van der Waals surface area contributed by atoms with Crippen molar-refractivity contribution in [1.82, 2.24) is 5.32 Å². The summed E-state index contributed by atoms with van der Waals surface area (Å²) in [5, 5.41) is 5.01. The van der Waals surface area contributed by atoms with Gasteiger partial charge in [0.1, 0.15) is 6.54 Å². The summed E-state index contributed by atoms with van der Waals surface area (Å²) in [6.45, 7) is -0.0244. The van der Waals surface area contributed by atoms with Gasteiger partial charge in [0, 0.05) is 11.0 Å². The van der Waals surface area contributed by atoms with Crippen molar-refractivity contribution in [1.29, 1.82) is 0 Å². The van der Waals surface area contributed by atoms with Gasteiger partial charge in [-0.25, -0.2) is 8.42 Å². The maximum absolute atomic E-state index is 13.3. The Morgan fingerprint density at radius 3 is 2.22 bits per heavy atom. The lowest BCUT2D eigenvalue weighted by molar-refractivity contribution is -0.119. The van der Waals surface area contributed by atoms with Crippen LogP contribution in [0.25, 0.3) is 10.8 Å². The van der Waals surface area contributed by atoms with E-state index in [4.69, 9.17) is 0 Å². The topological polar surface area (TPSA) is 66.5 Å². The van der Waals surface area contributed by atoms with Crippen LogP contribution in [0.4, 0.5) is 5.69 Å². The van der Waals surface area contributed by atoms with Crippen molar-refractivity contribution in [3.8, 4) is 0 Å². The molecular formula is C25H21BrN2O3S. The van der Waals surface area contributed by atoms with Crippen molar-refractivity contribution in [2.75, 3.05) is 10.8 Å². The van der Waals surface area contributed by atoms with Crippen LogP contribution in [0.2, 0.25) is 0 Å². The summed E-state index contributed by atoms with van der Waals surface area (Å²) in [4.78, 5) is 13.0. The van der Waals surface area contributed by atoms with Gasteiger partial charge in [-0.2, -0.15) is 0 Å². The Bertz CT molecular complexity index is 1340. The van der Waals surface area contributed by atoms with Crippen LogP contribution in [0.1, 0.15) is 5.56 Å². The second-order valence-electron chi connectivity index (χ2n) is 7.22. The summed E-state index contributed by atoms with van der Waals surface area (Å²) < 4.78 is 28.6. The zero-order chi connectivity index (χ0) is 22.6. The number of rotatable bonds is 7. The molecule has 7 heteroatoms. The number of anilines is 1. The minimum absolute atomic E-state index is 0.129. The molecule has 0 aliphatic carbocycles. The van der Waals surface area contributed by atoms with Gasteiger partial charge in [-0.1, -0.05) is 76.6 Å². The highest BCUT2D eigenvalue weighted by atomic mass is 79.9. The number of nitrogens with zero attached hydrogens (tertiary/aromatic N) is 1. The third-order valence-corrected chi connectivity index (χ3v) is 7.41. The van der Waals surface area contributed by atoms with Crippen LogP contribution >= 0.6 is 15.9 Å². The summed E-state index contributed by atoms with van der Waals surface area (Å²) in [5.74, 6) is -0.389. The van der Waals surface area contributed by atoms with Gasteiger partial charge in [0.15, 0.2) is 0 Å². The van der Waals surface area contributed by atoms with E-state index < -0.39 is 10.0 Å². The van der Waals surface area contributed by atoms with Crippen molar-refractivity contribution < 1.29 is 13.2 Å². The number of carbonyl (C=O) groups excluding carboxylic acids is 1. The van der Waals surface area contributed by atoms with Gasteiger partial charge in [0.25, 0.3) is 10.0 Å². The Labute approximate surface area is 195 Å². The first-order chi connectivity index (χ1) is 15.4. The molecule has 0 heterocycles. The van der Waals surface area contributed by atoms with E-state index in [2.05, 4.69) is 21.2 Å². The molecule has 32 heavy (non-hydrogen) atoms. The second kappa shape index (κ2) is 9.54. The fourth-order valence-corrected chi connectivity index (χ4v) is 5.18. The molecule has 0 unspecified atom stereocenters.